The van der Waals surface area contributed by atoms with Gasteiger partial charge in [0.25, 0.3) is 0 Å². The quantitative estimate of drug-likeness (QED) is 0.743. The van der Waals surface area contributed by atoms with Crippen LogP contribution in [-0.4, -0.2) is 51.9 Å². The maximum Gasteiger partial charge on any atom is 0.321 e. The van der Waals surface area contributed by atoms with Crippen molar-refractivity contribution in [3.8, 4) is 6.07 Å². The minimum Gasteiger partial charge on any atom is -0.352 e. The zero-order valence-corrected chi connectivity index (χ0v) is 15.9. The summed E-state index contributed by atoms with van der Waals surface area (Å²) in [6, 6.07) is 15.2. The van der Waals surface area contributed by atoms with Gasteiger partial charge in [-0.2, -0.15) is 10.4 Å². The van der Waals surface area contributed by atoms with Crippen molar-refractivity contribution >= 4 is 17.5 Å². The molecule has 8 nitrogen and oxygen atoms in total. The average molecular weight is 387 g/mol. The summed E-state index contributed by atoms with van der Waals surface area (Å²) in [5, 5.41) is 16.4. The van der Waals surface area contributed by atoms with Gasteiger partial charge in [-0.1, -0.05) is 12.1 Å². The van der Waals surface area contributed by atoms with Crippen LogP contribution in [-0.2, 0) is 6.54 Å². The SMILES string of the molecule is N#Cc1cccnc1N1CCN(C(=O)Nc2ccc(Cn3cccn3)cc2)CC1. The molecule has 0 unspecified atom stereocenters. The summed E-state index contributed by atoms with van der Waals surface area (Å²) in [4.78, 5) is 20.7. The standard InChI is InChI=1S/C21H21N7O/c22-15-18-3-1-8-23-20(18)26-11-13-27(14-12-26)21(29)25-19-6-4-17(5-7-19)16-28-10-2-9-24-28/h1-10H,11-14,16H2,(H,25,29). The maximum atomic E-state index is 12.6. The lowest BCUT2D eigenvalue weighted by Gasteiger charge is -2.35. The van der Waals surface area contributed by atoms with E-state index in [9.17, 15) is 10.1 Å². The second kappa shape index (κ2) is 8.44. The Morgan fingerprint density at radius 2 is 1.86 bits per heavy atom. The number of hydrogen-bond acceptors (Lipinski definition) is 5. The van der Waals surface area contributed by atoms with Crippen molar-refractivity contribution in [3.63, 3.8) is 0 Å². The van der Waals surface area contributed by atoms with E-state index in [2.05, 4.69) is 21.5 Å². The van der Waals surface area contributed by atoms with Crippen molar-refractivity contribution in [2.75, 3.05) is 36.4 Å². The Hall–Kier alpha value is -3.86. The lowest BCUT2D eigenvalue weighted by atomic mass is 10.2. The van der Waals surface area contributed by atoms with Crippen molar-refractivity contribution < 1.29 is 4.79 Å². The number of piperazine rings is 1. The first-order chi connectivity index (χ1) is 14.2. The molecule has 3 aromatic rings. The molecule has 1 saturated heterocycles. The molecule has 1 aromatic carbocycles. The van der Waals surface area contributed by atoms with Gasteiger partial charge in [-0.25, -0.2) is 9.78 Å². The van der Waals surface area contributed by atoms with E-state index in [0.717, 1.165) is 11.3 Å². The molecule has 4 rings (SSSR count). The van der Waals surface area contributed by atoms with Gasteiger partial charge in [0, 0.05) is 50.5 Å². The molecular weight excluding hydrogens is 366 g/mol. The molecule has 29 heavy (non-hydrogen) atoms. The van der Waals surface area contributed by atoms with E-state index < -0.39 is 0 Å². The molecule has 0 bridgehead atoms. The molecular formula is C21H21N7O. The van der Waals surface area contributed by atoms with Crippen LogP contribution >= 0.6 is 0 Å². The molecule has 1 aliphatic rings. The number of pyridine rings is 1. The molecule has 2 aromatic heterocycles. The van der Waals surface area contributed by atoms with Crippen LogP contribution in [0.1, 0.15) is 11.1 Å². The highest BCUT2D eigenvalue weighted by Crippen LogP contribution is 2.18. The summed E-state index contributed by atoms with van der Waals surface area (Å²) in [6.45, 7) is 3.13. The minimum atomic E-state index is -0.119. The van der Waals surface area contributed by atoms with Crippen LogP contribution in [0.5, 0.6) is 0 Å². The Kier molecular flexibility index (Phi) is 5.38. The Balaban J connectivity index is 1.31. The fourth-order valence-electron chi connectivity index (χ4n) is 3.33. The van der Waals surface area contributed by atoms with E-state index in [1.54, 1.807) is 29.4 Å². The fourth-order valence-corrected chi connectivity index (χ4v) is 3.33. The van der Waals surface area contributed by atoms with Crippen LogP contribution in [0, 0.1) is 11.3 Å². The monoisotopic (exact) mass is 387 g/mol. The highest BCUT2D eigenvalue weighted by Gasteiger charge is 2.23. The lowest BCUT2D eigenvalue weighted by Crippen LogP contribution is -2.50. The van der Waals surface area contributed by atoms with Crippen LogP contribution in [0.2, 0.25) is 0 Å². The van der Waals surface area contributed by atoms with Gasteiger partial charge in [0.1, 0.15) is 11.9 Å². The van der Waals surface area contributed by atoms with Crippen molar-refractivity contribution in [3.05, 3.63) is 72.2 Å². The number of nitriles is 1. The third-order valence-electron chi connectivity index (χ3n) is 4.88. The number of carbonyl (C=O) groups excluding carboxylic acids is 1. The summed E-state index contributed by atoms with van der Waals surface area (Å²) >= 11 is 0. The van der Waals surface area contributed by atoms with Gasteiger partial charge in [-0.05, 0) is 35.9 Å². The van der Waals surface area contributed by atoms with Gasteiger partial charge in [-0.15, -0.1) is 0 Å². The minimum absolute atomic E-state index is 0.119. The number of hydrogen-bond donors (Lipinski definition) is 1. The Morgan fingerprint density at radius 3 is 2.55 bits per heavy atom. The Labute approximate surface area is 169 Å². The van der Waals surface area contributed by atoms with Gasteiger partial charge in [0.05, 0.1) is 12.1 Å². The summed E-state index contributed by atoms with van der Waals surface area (Å²) < 4.78 is 1.85. The first-order valence-corrected chi connectivity index (χ1v) is 9.45. The van der Waals surface area contributed by atoms with Crippen molar-refractivity contribution in [1.82, 2.24) is 19.7 Å². The summed E-state index contributed by atoms with van der Waals surface area (Å²) in [5.41, 5.74) is 2.43. The van der Waals surface area contributed by atoms with E-state index >= 15 is 0 Å². The number of urea groups is 1. The van der Waals surface area contributed by atoms with Gasteiger partial charge in [0.2, 0.25) is 0 Å². The van der Waals surface area contributed by atoms with Gasteiger partial charge >= 0.3 is 6.03 Å². The third kappa shape index (κ3) is 4.35. The molecule has 0 atom stereocenters. The van der Waals surface area contributed by atoms with Crippen molar-refractivity contribution in [1.29, 1.82) is 5.26 Å². The first-order valence-electron chi connectivity index (χ1n) is 9.45. The van der Waals surface area contributed by atoms with Crippen LogP contribution in [0.4, 0.5) is 16.3 Å². The predicted octanol–water partition coefficient (Wildman–Crippen LogP) is 2.55. The van der Waals surface area contributed by atoms with Crippen molar-refractivity contribution in [2.24, 2.45) is 0 Å². The van der Waals surface area contributed by atoms with Crippen molar-refractivity contribution in [2.45, 2.75) is 6.54 Å². The zero-order valence-electron chi connectivity index (χ0n) is 15.9. The molecule has 146 valence electrons. The van der Waals surface area contributed by atoms with Crippen LogP contribution in [0.15, 0.2) is 61.1 Å². The third-order valence-corrected chi connectivity index (χ3v) is 4.88. The van der Waals surface area contributed by atoms with Crippen LogP contribution < -0.4 is 10.2 Å². The number of amides is 2. The van der Waals surface area contributed by atoms with E-state index in [0.29, 0.717) is 44.1 Å². The number of anilines is 2. The van der Waals surface area contributed by atoms with E-state index in [-0.39, 0.29) is 6.03 Å². The number of nitrogens with one attached hydrogen (secondary N) is 1. The first kappa shape index (κ1) is 18.5. The van der Waals surface area contributed by atoms with Gasteiger partial charge in [0.15, 0.2) is 0 Å². The highest BCUT2D eigenvalue weighted by molar-refractivity contribution is 5.89. The second-order valence-electron chi connectivity index (χ2n) is 6.79. The number of carbonyl (C=O) groups is 1. The Bertz CT molecular complexity index is 1000. The topological polar surface area (TPSA) is 90.1 Å². The second-order valence-corrected chi connectivity index (χ2v) is 6.79. The number of rotatable bonds is 4. The molecule has 0 radical (unpaired) electrons. The zero-order chi connectivity index (χ0) is 20.1. The summed E-state index contributed by atoms with van der Waals surface area (Å²) in [6.07, 6.45) is 5.36. The molecule has 0 spiro atoms. The van der Waals surface area contributed by atoms with E-state index in [1.165, 1.54) is 0 Å². The summed E-state index contributed by atoms with van der Waals surface area (Å²) in [7, 11) is 0. The molecule has 1 aliphatic heterocycles. The lowest BCUT2D eigenvalue weighted by molar-refractivity contribution is 0.208. The molecule has 2 amide bonds. The number of benzene rings is 1. The van der Waals surface area contributed by atoms with E-state index in [4.69, 9.17) is 0 Å². The largest absolute Gasteiger partial charge is 0.352 e. The average Bonchev–Trinajstić information content (AvgIpc) is 3.28. The van der Waals surface area contributed by atoms with Gasteiger partial charge in [-0.3, -0.25) is 4.68 Å². The fraction of sp³-hybridized carbons (Fsp3) is 0.238. The molecule has 3 heterocycles. The summed E-state index contributed by atoms with van der Waals surface area (Å²) in [5.74, 6) is 0.683. The van der Waals surface area contributed by atoms with E-state index in [1.807, 2.05) is 46.1 Å². The molecule has 0 saturated carbocycles. The Morgan fingerprint density at radius 1 is 1.07 bits per heavy atom. The molecule has 8 heteroatoms. The predicted molar refractivity (Wildman–Crippen MR) is 110 cm³/mol. The molecule has 0 aliphatic carbocycles. The van der Waals surface area contributed by atoms with Gasteiger partial charge < -0.3 is 15.1 Å². The molecule has 1 fully saturated rings. The number of nitrogens with zero attached hydrogens (tertiary/aromatic N) is 6. The van der Waals surface area contributed by atoms with Crippen LogP contribution in [0.3, 0.4) is 0 Å². The normalized spacial score (nSPS) is 13.8. The number of aromatic nitrogens is 3. The molecule has 1 N–H and O–H groups in total. The van der Waals surface area contributed by atoms with Crippen LogP contribution in [0.25, 0.3) is 0 Å². The highest BCUT2D eigenvalue weighted by atomic mass is 16.2. The smallest absolute Gasteiger partial charge is 0.321 e. The maximum absolute atomic E-state index is 12.6.